The van der Waals surface area contributed by atoms with Crippen molar-refractivity contribution in [1.29, 1.82) is 0 Å². The smallest absolute Gasteiger partial charge is 0.131 e. The van der Waals surface area contributed by atoms with Gasteiger partial charge in [-0.05, 0) is 17.7 Å². The Kier molecular flexibility index (Phi) is 4.89. The fraction of sp³-hybridized carbons (Fsp3) is 0.0667. The molecular weight excluding hydrogens is 212 g/mol. The Labute approximate surface area is 101 Å². The lowest BCUT2D eigenvalue weighted by atomic mass is 10.0. The third kappa shape index (κ3) is 4.47. The van der Waals surface area contributed by atoms with E-state index in [2.05, 4.69) is 6.58 Å². The van der Waals surface area contributed by atoms with Crippen LogP contribution in [0.2, 0.25) is 0 Å². The summed E-state index contributed by atoms with van der Waals surface area (Å²) in [6.45, 7) is 3.51. The first-order valence-electron chi connectivity index (χ1n) is 5.19. The monoisotopic (exact) mass is 226 g/mol. The number of allylic oxidation sites excluding steroid dienone is 2. The van der Waals surface area contributed by atoms with Gasteiger partial charge in [0.1, 0.15) is 11.5 Å². The van der Waals surface area contributed by atoms with E-state index in [0.717, 1.165) is 11.6 Å². The number of rotatable bonds is 5. The van der Waals surface area contributed by atoms with E-state index in [1.165, 1.54) is 18.2 Å². The van der Waals surface area contributed by atoms with Crippen LogP contribution in [0, 0.1) is 0 Å². The average molecular weight is 226 g/mol. The third-order valence-electron chi connectivity index (χ3n) is 2.13. The van der Waals surface area contributed by atoms with E-state index in [-0.39, 0.29) is 0 Å². The maximum absolute atomic E-state index is 10.4. The largest absolute Gasteiger partial charge is 0.377 e. The molecule has 0 amide bonds. The minimum Gasteiger partial charge on any atom is -0.377 e. The molecule has 0 heterocycles. The van der Waals surface area contributed by atoms with Gasteiger partial charge in [-0.3, -0.25) is 0 Å². The lowest BCUT2D eigenvalue weighted by molar-refractivity contribution is 0.196. The summed E-state index contributed by atoms with van der Waals surface area (Å²) in [5.41, 5.74) is -0.483. The van der Waals surface area contributed by atoms with E-state index < -0.39 is 5.60 Å². The summed E-state index contributed by atoms with van der Waals surface area (Å²) in [4.78, 5) is 10.4. The van der Waals surface area contributed by atoms with Crippen molar-refractivity contribution in [3.8, 4) is 0 Å². The van der Waals surface area contributed by atoms with Crippen LogP contribution in [0.25, 0.3) is 6.08 Å². The molecular formula is C15H14O2. The Morgan fingerprint density at radius 1 is 1.24 bits per heavy atom. The molecule has 17 heavy (non-hydrogen) atoms. The molecule has 0 saturated heterocycles. The number of aliphatic hydroxyl groups is 1. The second-order valence-electron chi connectivity index (χ2n) is 3.49. The molecule has 0 aliphatic heterocycles. The lowest BCUT2D eigenvalue weighted by Gasteiger charge is -2.12. The van der Waals surface area contributed by atoms with Crippen molar-refractivity contribution in [2.45, 2.75) is 5.60 Å². The zero-order chi connectivity index (χ0) is 12.6. The number of benzene rings is 1. The molecule has 0 saturated carbocycles. The summed E-state index contributed by atoms with van der Waals surface area (Å²) in [7, 11) is 0. The number of hydrogen-bond acceptors (Lipinski definition) is 2. The fourth-order valence-electron chi connectivity index (χ4n) is 1.26. The SMILES string of the molecule is C=CC=CC(O)(C=C=O)C=Cc1ccccc1. The standard InChI is InChI=1S/C15H14O2/c1-2-3-10-15(17,12-13-16)11-9-14-7-5-4-6-8-14/h2-12,17H,1H2. The summed E-state index contributed by atoms with van der Waals surface area (Å²) < 4.78 is 0. The molecule has 1 rings (SSSR count). The van der Waals surface area contributed by atoms with E-state index >= 15 is 0 Å². The third-order valence-corrected chi connectivity index (χ3v) is 2.13. The Morgan fingerprint density at radius 3 is 2.53 bits per heavy atom. The molecule has 0 spiro atoms. The second kappa shape index (κ2) is 6.44. The molecule has 1 aromatic carbocycles. The van der Waals surface area contributed by atoms with Crippen LogP contribution in [0.4, 0.5) is 0 Å². The normalized spacial score (nSPS) is 14.4. The summed E-state index contributed by atoms with van der Waals surface area (Å²) in [6, 6.07) is 9.51. The highest BCUT2D eigenvalue weighted by molar-refractivity contribution is 5.57. The van der Waals surface area contributed by atoms with Crippen LogP contribution in [0.1, 0.15) is 5.56 Å². The molecule has 1 atom stereocenters. The van der Waals surface area contributed by atoms with Crippen LogP contribution >= 0.6 is 0 Å². The molecule has 1 aromatic rings. The zero-order valence-corrected chi connectivity index (χ0v) is 9.41. The topological polar surface area (TPSA) is 37.3 Å². The van der Waals surface area contributed by atoms with Crippen LogP contribution in [0.5, 0.6) is 0 Å². The van der Waals surface area contributed by atoms with Crippen LogP contribution in [0.3, 0.4) is 0 Å². The van der Waals surface area contributed by atoms with E-state index in [1.807, 2.05) is 30.3 Å². The Morgan fingerprint density at radius 2 is 1.94 bits per heavy atom. The van der Waals surface area contributed by atoms with Gasteiger partial charge in [-0.2, -0.15) is 0 Å². The second-order valence-corrected chi connectivity index (χ2v) is 3.49. The van der Waals surface area contributed by atoms with Crippen molar-refractivity contribution in [3.05, 3.63) is 72.9 Å². The van der Waals surface area contributed by atoms with Crippen molar-refractivity contribution in [2.75, 3.05) is 0 Å². The van der Waals surface area contributed by atoms with Crippen molar-refractivity contribution in [1.82, 2.24) is 0 Å². The Balaban J connectivity index is 2.94. The van der Waals surface area contributed by atoms with Gasteiger partial charge in [-0.15, -0.1) is 0 Å². The van der Waals surface area contributed by atoms with E-state index in [1.54, 1.807) is 18.1 Å². The van der Waals surface area contributed by atoms with Crippen LogP contribution in [-0.4, -0.2) is 16.6 Å². The highest BCUT2D eigenvalue weighted by Crippen LogP contribution is 2.13. The fourth-order valence-corrected chi connectivity index (χ4v) is 1.26. The first kappa shape index (κ1) is 12.9. The molecule has 2 heteroatoms. The summed E-state index contributed by atoms with van der Waals surface area (Å²) in [6.07, 6.45) is 8.87. The van der Waals surface area contributed by atoms with Crippen LogP contribution in [-0.2, 0) is 4.79 Å². The van der Waals surface area contributed by atoms with Gasteiger partial charge in [0.25, 0.3) is 0 Å². The van der Waals surface area contributed by atoms with Gasteiger partial charge in [0.15, 0.2) is 0 Å². The summed E-state index contributed by atoms with van der Waals surface area (Å²) in [5.74, 6) is 1.59. The quantitative estimate of drug-likeness (QED) is 0.619. The zero-order valence-electron chi connectivity index (χ0n) is 9.41. The van der Waals surface area contributed by atoms with E-state index in [0.29, 0.717) is 0 Å². The minimum atomic E-state index is -1.42. The Hall–Kier alpha value is -2.15. The molecule has 0 fully saturated rings. The molecule has 86 valence electrons. The molecule has 1 N–H and O–H groups in total. The maximum Gasteiger partial charge on any atom is 0.131 e. The van der Waals surface area contributed by atoms with E-state index in [9.17, 15) is 9.90 Å². The molecule has 0 bridgehead atoms. The predicted octanol–water partition coefficient (Wildman–Crippen LogP) is 2.56. The average Bonchev–Trinajstić information content (AvgIpc) is 2.36. The van der Waals surface area contributed by atoms with Gasteiger partial charge in [0, 0.05) is 6.08 Å². The first-order valence-corrected chi connectivity index (χ1v) is 5.19. The summed E-state index contributed by atoms with van der Waals surface area (Å²) in [5, 5.41) is 10.1. The van der Waals surface area contributed by atoms with Gasteiger partial charge in [0.05, 0.1) is 0 Å². The molecule has 2 nitrogen and oxygen atoms in total. The molecule has 0 aromatic heterocycles. The van der Waals surface area contributed by atoms with Crippen molar-refractivity contribution in [3.63, 3.8) is 0 Å². The van der Waals surface area contributed by atoms with Gasteiger partial charge in [-0.25, -0.2) is 4.79 Å². The molecule has 0 aliphatic rings. The maximum atomic E-state index is 10.4. The molecule has 0 aliphatic carbocycles. The lowest BCUT2D eigenvalue weighted by Crippen LogP contribution is -2.19. The molecule has 0 radical (unpaired) electrons. The van der Waals surface area contributed by atoms with Gasteiger partial charge < -0.3 is 5.11 Å². The minimum absolute atomic E-state index is 0.942. The predicted molar refractivity (Wildman–Crippen MR) is 70.0 cm³/mol. The molecule has 1 unspecified atom stereocenters. The number of carbonyl (C=O) groups excluding carboxylic acids is 1. The van der Waals surface area contributed by atoms with E-state index in [4.69, 9.17) is 0 Å². The highest BCUT2D eigenvalue weighted by Gasteiger charge is 2.15. The van der Waals surface area contributed by atoms with Crippen LogP contribution < -0.4 is 0 Å². The van der Waals surface area contributed by atoms with Crippen LogP contribution in [0.15, 0.2) is 67.3 Å². The Bertz CT molecular complexity index is 465. The van der Waals surface area contributed by atoms with Gasteiger partial charge >= 0.3 is 0 Å². The number of hydrogen-bond donors (Lipinski definition) is 1. The van der Waals surface area contributed by atoms with Crippen molar-refractivity contribution < 1.29 is 9.90 Å². The van der Waals surface area contributed by atoms with Crippen molar-refractivity contribution >= 4 is 12.0 Å². The van der Waals surface area contributed by atoms with Crippen molar-refractivity contribution in [2.24, 2.45) is 0 Å². The van der Waals surface area contributed by atoms with Gasteiger partial charge in [-0.1, -0.05) is 55.1 Å². The first-order chi connectivity index (χ1) is 8.20. The van der Waals surface area contributed by atoms with Gasteiger partial charge in [0.2, 0.25) is 0 Å². The highest BCUT2D eigenvalue weighted by atomic mass is 16.3. The summed E-state index contributed by atoms with van der Waals surface area (Å²) >= 11 is 0.